The Morgan fingerprint density at radius 3 is 2.56 bits per heavy atom. The van der Waals surface area contributed by atoms with Gasteiger partial charge in [0.1, 0.15) is 17.2 Å². The number of aryl methyl sites for hydroxylation is 1. The van der Waals surface area contributed by atoms with Gasteiger partial charge in [-0.15, -0.1) is 0 Å². The summed E-state index contributed by atoms with van der Waals surface area (Å²) in [5, 5.41) is 9.79. The molecule has 0 saturated heterocycles. The van der Waals surface area contributed by atoms with E-state index in [2.05, 4.69) is 10.8 Å². The van der Waals surface area contributed by atoms with Gasteiger partial charge in [0.05, 0.1) is 11.6 Å². The average molecular weight is 385 g/mol. The van der Waals surface area contributed by atoms with Crippen molar-refractivity contribution in [1.29, 1.82) is 5.26 Å². The van der Waals surface area contributed by atoms with Gasteiger partial charge in [-0.2, -0.15) is 5.26 Å². The highest BCUT2D eigenvalue weighted by Crippen LogP contribution is 2.45. The molecule has 3 rings (SSSR count). The third kappa shape index (κ3) is 3.78. The van der Waals surface area contributed by atoms with Crippen LogP contribution >= 0.6 is 0 Å². The highest BCUT2D eigenvalue weighted by Gasteiger charge is 2.36. The summed E-state index contributed by atoms with van der Waals surface area (Å²) in [6.45, 7) is 5.60. The zero-order chi connectivity index (χ0) is 19.8. The molecule has 0 aliphatic carbocycles. The number of nitriles is 1. The Kier molecular flexibility index (Phi) is 5.16. The summed E-state index contributed by atoms with van der Waals surface area (Å²) >= 11 is -2.36. The number of hydrogen-bond acceptors (Lipinski definition) is 4. The second kappa shape index (κ2) is 7.24. The number of halogens is 1. The minimum atomic E-state index is -2.36. The number of fused-ring (bicyclic) bond motifs is 1. The summed E-state index contributed by atoms with van der Waals surface area (Å²) in [4.78, 5) is 0. The van der Waals surface area contributed by atoms with Gasteiger partial charge in [0.2, 0.25) is 0 Å². The van der Waals surface area contributed by atoms with Gasteiger partial charge in [0.15, 0.2) is 0 Å². The zero-order valence-corrected chi connectivity index (χ0v) is 15.9. The van der Waals surface area contributed by atoms with Gasteiger partial charge in [0.25, 0.3) is 0 Å². The maximum atomic E-state index is 13.4. The molecule has 0 radical (unpaired) electrons. The molecule has 0 bridgehead atoms. The van der Waals surface area contributed by atoms with Crippen molar-refractivity contribution in [1.82, 2.24) is 4.72 Å². The lowest BCUT2D eigenvalue weighted by Gasteiger charge is -2.35. The molecule has 1 unspecified atom stereocenters. The second-order valence-electron chi connectivity index (χ2n) is 6.82. The molecule has 140 valence electrons. The van der Waals surface area contributed by atoms with Crippen molar-refractivity contribution in [3.8, 4) is 11.8 Å². The van der Waals surface area contributed by atoms with E-state index in [0.29, 0.717) is 16.9 Å². The minimum absolute atomic E-state index is 0.134. The number of benzene rings is 2. The van der Waals surface area contributed by atoms with Gasteiger partial charge in [-0.25, -0.2) is 9.11 Å². The lowest BCUT2D eigenvalue weighted by Crippen LogP contribution is -2.35. The monoisotopic (exact) mass is 385 g/mol. The summed E-state index contributed by atoms with van der Waals surface area (Å²) in [7, 11) is 0. The molecule has 5 nitrogen and oxygen atoms in total. The molecule has 1 atom stereocenters. The highest BCUT2D eigenvalue weighted by atomic mass is 32.2. The van der Waals surface area contributed by atoms with Crippen molar-refractivity contribution >= 4 is 16.8 Å². The maximum absolute atomic E-state index is 13.4. The van der Waals surface area contributed by atoms with E-state index in [1.165, 1.54) is 12.1 Å². The molecule has 1 aliphatic rings. The predicted molar refractivity (Wildman–Crippen MR) is 99.7 cm³/mol. The number of ether oxygens (including phenoxy) is 1. The smallest absolute Gasteiger partial charge is 0.139 e. The lowest BCUT2D eigenvalue weighted by atomic mass is 9.81. The second-order valence-corrected chi connectivity index (χ2v) is 7.58. The Balaban J connectivity index is 2.22. The fraction of sp³-hybridized carbons (Fsp3) is 0.250. The van der Waals surface area contributed by atoms with E-state index in [4.69, 9.17) is 4.74 Å². The van der Waals surface area contributed by atoms with E-state index in [1.807, 2.05) is 13.0 Å². The molecule has 0 amide bonds. The molecular weight excluding hydrogens is 367 g/mol. The third-order valence-electron chi connectivity index (χ3n) is 4.47. The van der Waals surface area contributed by atoms with Crippen molar-refractivity contribution in [2.75, 3.05) is 0 Å². The molecule has 1 heterocycles. The summed E-state index contributed by atoms with van der Waals surface area (Å²) in [6.07, 6.45) is 0. The molecule has 1 aliphatic heterocycles. The van der Waals surface area contributed by atoms with Crippen molar-refractivity contribution in [2.45, 2.75) is 32.9 Å². The van der Waals surface area contributed by atoms with Crippen molar-refractivity contribution in [2.24, 2.45) is 0 Å². The van der Waals surface area contributed by atoms with Gasteiger partial charge >= 0.3 is 0 Å². The third-order valence-corrected chi connectivity index (χ3v) is 4.85. The van der Waals surface area contributed by atoms with Crippen LogP contribution in [0.15, 0.2) is 42.0 Å². The van der Waals surface area contributed by atoms with E-state index in [1.54, 1.807) is 32.0 Å². The van der Waals surface area contributed by atoms with E-state index < -0.39 is 16.9 Å². The topological polar surface area (TPSA) is 85.2 Å². The molecule has 2 aromatic carbocycles. The molecule has 0 spiro atoms. The van der Waals surface area contributed by atoms with Crippen LogP contribution in [0.1, 0.15) is 36.1 Å². The molecule has 2 aromatic rings. The first-order valence-corrected chi connectivity index (χ1v) is 9.37. The molecule has 1 N–H and O–H groups in total. The van der Waals surface area contributed by atoms with Gasteiger partial charge in [0, 0.05) is 28.9 Å². The first kappa shape index (κ1) is 19.2. The fourth-order valence-electron chi connectivity index (χ4n) is 3.32. The number of nitrogens with zero attached hydrogens (tertiary/aromatic N) is 1. The average Bonchev–Trinajstić information content (AvgIpc) is 2.58. The maximum Gasteiger partial charge on any atom is 0.139 e. The minimum Gasteiger partial charge on any atom is -0.760 e. The highest BCUT2D eigenvalue weighted by molar-refractivity contribution is 7.77. The predicted octanol–water partition coefficient (Wildman–Crippen LogP) is 3.51. The zero-order valence-electron chi connectivity index (χ0n) is 15.1. The van der Waals surface area contributed by atoms with Gasteiger partial charge in [-0.05, 0) is 55.7 Å². The normalized spacial score (nSPS) is 16.3. The van der Waals surface area contributed by atoms with Gasteiger partial charge in [-0.1, -0.05) is 18.2 Å². The van der Waals surface area contributed by atoms with Crippen molar-refractivity contribution in [3.05, 3.63) is 70.0 Å². The Labute approximate surface area is 159 Å². The Morgan fingerprint density at radius 2 is 1.96 bits per heavy atom. The van der Waals surface area contributed by atoms with Crippen LogP contribution in [-0.4, -0.2) is 14.4 Å². The van der Waals surface area contributed by atoms with E-state index in [-0.39, 0.29) is 12.4 Å². The van der Waals surface area contributed by atoms with Gasteiger partial charge in [-0.3, -0.25) is 4.21 Å². The quantitative estimate of drug-likeness (QED) is 0.816. The van der Waals surface area contributed by atoms with Crippen LogP contribution in [0.25, 0.3) is 5.57 Å². The summed E-state index contributed by atoms with van der Waals surface area (Å²) < 4.78 is 43.4. The van der Waals surface area contributed by atoms with Crippen LogP contribution < -0.4 is 9.46 Å². The molecule has 0 saturated carbocycles. The van der Waals surface area contributed by atoms with Crippen LogP contribution in [0, 0.1) is 24.1 Å². The van der Waals surface area contributed by atoms with Crippen molar-refractivity contribution in [3.63, 3.8) is 0 Å². The van der Waals surface area contributed by atoms with Crippen LogP contribution in [0.2, 0.25) is 0 Å². The van der Waals surface area contributed by atoms with Crippen LogP contribution in [0.5, 0.6) is 5.75 Å². The summed E-state index contributed by atoms with van der Waals surface area (Å²) in [5.41, 5.74) is 3.33. The largest absolute Gasteiger partial charge is 0.760 e. The standard InChI is InChI=1S/C20H19FN2O3S/c1-12-8-13(11-23-27(24)25)9-17-18(12)19(14-4-6-15(21)7-5-14)16(10-22)20(2,3)26-17/h4-9,23H,11H2,1-3H3,(H,24,25)/p-1. The van der Waals surface area contributed by atoms with Crippen molar-refractivity contribution < 1.29 is 17.9 Å². The van der Waals surface area contributed by atoms with E-state index in [0.717, 1.165) is 22.3 Å². The molecule has 0 aromatic heterocycles. The van der Waals surface area contributed by atoms with Gasteiger partial charge < -0.3 is 9.29 Å². The number of rotatable bonds is 4. The number of hydrogen-bond donors (Lipinski definition) is 1. The summed E-state index contributed by atoms with van der Waals surface area (Å²) in [6, 6.07) is 11.9. The Morgan fingerprint density at radius 1 is 1.30 bits per heavy atom. The fourth-order valence-corrected chi connectivity index (χ4v) is 3.60. The lowest BCUT2D eigenvalue weighted by molar-refractivity contribution is 0.149. The van der Waals surface area contributed by atoms with Crippen LogP contribution in [-0.2, 0) is 17.8 Å². The molecule has 27 heavy (non-hydrogen) atoms. The Hall–Kier alpha value is -2.53. The first-order valence-electron chi connectivity index (χ1n) is 8.29. The SMILES string of the molecule is Cc1cc(CNS(=O)[O-])cc2c1C(c1ccc(F)cc1)=C(C#N)C(C)(C)O2. The summed E-state index contributed by atoms with van der Waals surface area (Å²) in [5.74, 6) is 0.208. The van der Waals surface area contributed by atoms with E-state index >= 15 is 0 Å². The van der Waals surface area contributed by atoms with E-state index in [9.17, 15) is 18.4 Å². The first-order chi connectivity index (χ1) is 12.7. The molecule has 7 heteroatoms. The molecular formula is C20H18FN2O3S-. The van der Waals surface area contributed by atoms with Crippen LogP contribution in [0.4, 0.5) is 4.39 Å². The van der Waals surface area contributed by atoms with Crippen LogP contribution in [0.3, 0.4) is 0 Å². The molecule has 0 fully saturated rings. The Bertz CT molecular complexity index is 992. The number of nitrogens with one attached hydrogen (secondary N) is 1.